The number of rotatable bonds is 6. The minimum absolute atomic E-state index is 0.0967. The van der Waals surface area contributed by atoms with E-state index in [0.717, 1.165) is 11.3 Å². The Bertz CT molecular complexity index is 779. The number of hydrogen-bond acceptors (Lipinski definition) is 5. The highest BCUT2D eigenvalue weighted by molar-refractivity contribution is 7.91. The van der Waals surface area contributed by atoms with Crippen LogP contribution in [-0.4, -0.2) is 32.9 Å². The van der Waals surface area contributed by atoms with Crippen molar-refractivity contribution in [1.82, 2.24) is 5.43 Å². The monoisotopic (exact) mass is 334 g/mol. The van der Waals surface area contributed by atoms with Gasteiger partial charge in [-0.15, -0.1) is 6.58 Å². The van der Waals surface area contributed by atoms with Gasteiger partial charge in [0.1, 0.15) is 10.6 Å². The minimum Gasteiger partial charge on any atom is -0.495 e. The summed E-state index contributed by atoms with van der Waals surface area (Å²) < 4.78 is 29.5. The summed E-state index contributed by atoms with van der Waals surface area (Å²) in [5.41, 5.74) is 3.95. The summed E-state index contributed by atoms with van der Waals surface area (Å²) in [6.45, 7) is 3.46. The van der Waals surface area contributed by atoms with Crippen molar-refractivity contribution in [2.45, 2.75) is 17.7 Å². The predicted molar refractivity (Wildman–Crippen MR) is 89.1 cm³/mol. The normalized spacial score (nSPS) is 15.2. The van der Waals surface area contributed by atoms with Crippen molar-refractivity contribution in [3.05, 3.63) is 42.5 Å². The fourth-order valence-corrected chi connectivity index (χ4v) is 3.30. The number of nitrogens with one attached hydrogen (secondary N) is 1. The van der Waals surface area contributed by atoms with Crippen molar-refractivity contribution in [3.63, 3.8) is 0 Å². The van der Waals surface area contributed by atoms with Gasteiger partial charge >= 0.3 is 0 Å². The molecule has 0 atom stereocenters. The van der Waals surface area contributed by atoms with Gasteiger partial charge in [-0.05, 0) is 23.8 Å². The standard InChI is InChI=1S/C16H18N2O4S/c1-3-10-23(20,21)15-8-5-12(11-14(15)22-2)4-6-13-7-9-16(19)18-17-13/h3-6,8,11H,1,7,9-10H2,2H3,(H,18,19). The molecule has 0 aromatic heterocycles. The van der Waals surface area contributed by atoms with Crippen LogP contribution in [0.25, 0.3) is 6.08 Å². The molecule has 0 spiro atoms. The van der Waals surface area contributed by atoms with Crippen LogP contribution in [0.1, 0.15) is 18.4 Å². The number of nitrogens with zero attached hydrogens (tertiary/aromatic N) is 1. The molecule has 122 valence electrons. The number of amides is 1. The van der Waals surface area contributed by atoms with Crippen LogP contribution in [0.4, 0.5) is 0 Å². The Labute approximate surface area is 135 Å². The molecule has 0 unspecified atom stereocenters. The van der Waals surface area contributed by atoms with E-state index in [2.05, 4.69) is 17.1 Å². The van der Waals surface area contributed by atoms with Crippen molar-refractivity contribution in [1.29, 1.82) is 0 Å². The molecule has 1 N–H and O–H groups in total. The van der Waals surface area contributed by atoms with Crippen LogP contribution in [0.3, 0.4) is 0 Å². The topological polar surface area (TPSA) is 84.8 Å². The molecule has 23 heavy (non-hydrogen) atoms. The zero-order chi connectivity index (χ0) is 16.9. The van der Waals surface area contributed by atoms with Gasteiger partial charge in [-0.2, -0.15) is 5.10 Å². The summed E-state index contributed by atoms with van der Waals surface area (Å²) in [6.07, 6.45) is 5.91. The van der Waals surface area contributed by atoms with E-state index in [1.54, 1.807) is 24.3 Å². The van der Waals surface area contributed by atoms with Gasteiger partial charge in [0.05, 0.1) is 18.6 Å². The Morgan fingerprint density at radius 3 is 2.74 bits per heavy atom. The van der Waals surface area contributed by atoms with Crippen LogP contribution in [0.2, 0.25) is 0 Å². The van der Waals surface area contributed by atoms with E-state index >= 15 is 0 Å². The third-order valence-corrected chi connectivity index (χ3v) is 4.94. The predicted octanol–water partition coefficient (Wildman–Crippen LogP) is 1.93. The Balaban J connectivity index is 2.26. The number of sulfone groups is 1. The second-order valence-corrected chi connectivity index (χ2v) is 6.95. The Morgan fingerprint density at radius 1 is 1.35 bits per heavy atom. The van der Waals surface area contributed by atoms with Crippen molar-refractivity contribution in [2.24, 2.45) is 5.10 Å². The lowest BCUT2D eigenvalue weighted by molar-refractivity contribution is -0.121. The molecule has 1 aromatic rings. The van der Waals surface area contributed by atoms with E-state index in [-0.39, 0.29) is 22.3 Å². The van der Waals surface area contributed by atoms with Crippen molar-refractivity contribution < 1.29 is 17.9 Å². The van der Waals surface area contributed by atoms with Crippen molar-refractivity contribution >= 4 is 27.5 Å². The van der Waals surface area contributed by atoms with Crippen LogP contribution in [0.5, 0.6) is 5.75 Å². The molecule has 1 aliphatic rings. The lowest BCUT2D eigenvalue weighted by atomic mass is 10.1. The van der Waals surface area contributed by atoms with Crippen molar-refractivity contribution in [2.75, 3.05) is 12.9 Å². The first-order valence-electron chi connectivity index (χ1n) is 7.01. The van der Waals surface area contributed by atoms with Gasteiger partial charge in [-0.25, -0.2) is 13.8 Å². The summed E-state index contributed by atoms with van der Waals surface area (Å²) in [5.74, 6) is 0.0446. The largest absolute Gasteiger partial charge is 0.495 e. The van der Waals surface area contributed by atoms with E-state index in [4.69, 9.17) is 4.74 Å². The van der Waals surface area contributed by atoms with Gasteiger partial charge in [-0.1, -0.05) is 18.2 Å². The van der Waals surface area contributed by atoms with Gasteiger partial charge in [-0.3, -0.25) is 4.79 Å². The molecule has 1 aromatic carbocycles. The summed E-state index contributed by atoms with van der Waals surface area (Å²) in [6, 6.07) is 4.85. The summed E-state index contributed by atoms with van der Waals surface area (Å²) >= 11 is 0. The lowest BCUT2D eigenvalue weighted by Gasteiger charge is -2.10. The third-order valence-electron chi connectivity index (χ3n) is 3.26. The quantitative estimate of drug-likeness (QED) is 0.806. The maximum absolute atomic E-state index is 12.1. The van der Waals surface area contributed by atoms with Crippen molar-refractivity contribution in [3.8, 4) is 5.75 Å². The molecule has 0 bridgehead atoms. The first kappa shape index (κ1) is 17.0. The van der Waals surface area contributed by atoms with Gasteiger partial charge in [0.15, 0.2) is 9.84 Å². The minimum atomic E-state index is -3.45. The van der Waals surface area contributed by atoms with E-state index in [1.807, 2.05) is 0 Å². The van der Waals surface area contributed by atoms with Crippen LogP contribution < -0.4 is 10.2 Å². The maximum atomic E-state index is 12.1. The van der Waals surface area contributed by atoms with Gasteiger partial charge in [0, 0.05) is 12.8 Å². The molecule has 0 radical (unpaired) electrons. The zero-order valence-electron chi connectivity index (χ0n) is 12.8. The molecule has 0 saturated heterocycles. The molecular weight excluding hydrogens is 316 g/mol. The second kappa shape index (κ2) is 7.23. The van der Waals surface area contributed by atoms with E-state index < -0.39 is 9.84 Å². The van der Waals surface area contributed by atoms with E-state index in [0.29, 0.717) is 12.8 Å². The zero-order valence-corrected chi connectivity index (χ0v) is 13.6. The molecule has 0 fully saturated rings. The number of ether oxygens (including phenoxy) is 1. The van der Waals surface area contributed by atoms with E-state index in [9.17, 15) is 13.2 Å². The molecular formula is C16H18N2O4S. The molecule has 0 aliphatic carbocycles. The van der Waals surface area contributed by atoms with Gasteiger partial charge < -0.3 is 4.74 Å². The average Bonchev–Trinajstić information content (AvgIpc) is 2.54. The lowest BCUT2D eigenvalue weighted by Crippen LogP contribution is -2.24. The molecule has 1 amide bonds. The highest BCUT2D eigenvalue weighted by Crippen LogP contribution is 2.26. The SMILES string of the molecule is C=CCS(=O)(=O)c1ccc(C=CC2=NNC(=O)CC2)cc1OC. The number of carbonyl (C=O) groups is 1. The average molecular weight is 334 g/mol. The second-order valence-electron chi connectivity index (χ2n) is 4.95. The fourth-order valence-electron chi connectivity index (χ4n) is 2.09. The van der Waals surface area contributed by atoms with Gasteiger partial charge in [0.2, 0.25) is 5.91 Å². The summed E-state index contributed by atoms with van der Waals surface area (Å²) in [4.78, 5) is 11.2. The molecule has 7 heteroatoms. The first-order chi connectivity index (χ1) is 11.0. The molecule has 6 nitrogen and oxygen atoms in total. The highest BCUT2D eigenvalue weighted by Gasteiger charge is 2.18. The smallest absolute Gasteiger partial charge is 0.240 e. The number of benzene rings is 1. The Morgan fingerprint density at radius 2 is 2.13 bits per heavy atom. The Kier molecular flexibility index (Phi) is 5.33. The Hall–Kier alpha value is -2.41. The van der Waals surface area contributed by atoms with Crippen LogP contribution in [-0.2, 0) is 14.6 Å². The third kappa shape index (κ3) is 4.29. The molecule has 0 saturated carbocycles. The molecule has 1 heterocycles. The molecule has 2 rings (SSSR count). The number of carbonyl (C=O) groups excluding carboxylic acids is 1. The number of methoxy groups -OCH3 is 1. The summed E-state index contributed by atoms with van der Waals surface area (Å²) in [7, 11) is -2.02. The van der Waals surface area contributed by atoms with Crippen LogP contribution in [0, 0.1) is 0 Å². The van der Waals surface area contributed by atoms with Crippen LogP contribution in [0.15, 0.2) is 46.9 Å². The van der Waals surface area contributed by atoms with E-state index in [1.165, 1.54) is 19.3 Å². The first-order valence-corrected chi connectivity index (χ1v) is 8.66. The van der Waals surface area contributed by atoms with Crippen LogP contribution >= 0.6 is 0 Å². The highest BCUT2D eigenvalue weighted by atomic mass is 32.2. The van der Waals surface area contributed by atoms with Gasteiger partial charge in [0.25, 0.3) is 0 Å². The maximum Gasteiger partial charge on any atom is 0.240 e. The molecule has 1 aliphatic heterocycles. The number of hydrazone groups is 1. The number of hydrogen-bond donors (Lipinski definition) is 1. The fraction of sp³-hybridized carbons (Fsp3) is 0.250. The summed E-state index contributed by atoms with van der Waals surface area (Å²) in [5, 5.41) is 3.94. The number of allylic oxidation sites excluding steroid dienone is 1.